The number of hydrogen-bond acceptors (Lipinski definition) is 3. The molecule has 5 rings (SSSR count). The summed E-state index contributed by atoms with van der Waals surface area (Å²) >= 11 is 5.78. The summed E-state index contributed by atoms with van der Waals surface area (Å²) in [7, 11) is 2.04. The van der Waals surface area contributed by atoms with Crippen molar-refractivity contribution in [2.45, 2.75) is 43.9 Å². The number of pyridine rings is 1. The molecule has 0 amide bonds. The minimum Gasteiger partial charge on any atom is -0.490 e. The second-order valence-corrected chi connectivity index (χ2v) is 8.51. The molecular weight excluding hydrogens is 392 g/mol. The highest BCUT2D eigenvalue weighted by molar-refractivity contribution is 7.80. The molecular formula is C24H26N4OS. The molecule has 1 aliphatic heterocycles. The predicted molar refractivity (Wildman–Crippen MR) is 123 cm³/mol. The molecule has 5 nitrogen and oxygen atoms in total. The molecule has 2 atom stereocenters. The van der Waals surface area contributed by atoms with Crippen molar-refractivity contribution in [3.63, 3.8) is 0 Å². The SMILES string of the molecule is Cn1ccc([C@@H]2[C@@H](c3ccccn3)NC(=S)N2c2ccc(OC3CCCC3)cc2)c1. The van der Waals surface area contributed by atoms with Gasteiger partial charge in [-0.25, -0.2) is 0 Å². The summed E-state index contributed by atoms with van der Waals surface area (Å²) in [4.78, 5) is 6.80. The zero-order chi connectivity index (χ0) is 20.5. The average molecular weight is 419 g/mol. The van der Waals surface area contributed by atoms with E-state index in [1.165, 1.54) is 18.4 Å². The lowest BCUT2D eigenvalue weighted by molar-refractivity contribution is 0.210. The molecule has 1 aliphatic carbocycles. The van der Waals surface area contributed by atoms with Crippen molar-refractivity contribution in [3.05, 3.63) is 78.4 Å². The van der Waals surface area contributed by atoms with Gasteiger partial charge < -0.3 is 19.5 Å². The molecule has 2 fully saturated rings. The molecule has 30 heavy (non-hydrogen) atoms. The van der Waals surface area contributed by atoms with E-state index in [1.54, 1.807) is 0 Å². The lowest BCUT2D eigenvalue weighted by atomic mass is 9.98. The minimum absolute atomic E-state index is 0.0180. The fourth-order valence-corrected chi connectivity index (χ4v) is 4.90. The van der Waals surface area contributed by atoms with Crippen molar-refractivity contribution in [2.75, 3.05) is 4.90 Å². The molecule has 2 aliphatic rings. The zero-order valence-corrected chi connectivity index (χ0v) is 17.9. The van der Waals surface area contributed by atoms with Crippen LogP contribution in [0.5, 0.6) is 5.75 Å². The maximum absolute atomic E-state index is 6.14. The van der Waals surface area contributed by atoms with E-state index >= 15 is 0 Å². The van der Waals surface area contributed by atoms with Crippen LogP contribution < -0.4 is 15.0 Å². The van der Waals surface area contributed by atoms with Gasteiger partial charge in [-0.3, -0.25) is 4.98 Å². The predicted octanol–water partition coefficient (Wildman–Crippen LogP) is 4.92. The number of anilines is 1. The number of aryl methyl sites for hydroxylation is 1. The smallest absolute Gasteiger partial charge is 0.174 e. The molecule has 1 saturated carbocycles. The van der Waals surface area contributed by atoms with Crippen LogP contribution >= 0.6 is 12.2 Å². The summed E-state index contributed by atoms with van der Waals surface area (Å²) in [6.07, 6.45) is 11.3. The largest absolute Gasteiger partial charge is 0.490 e. The monoisotopic (exact) mass is 418 g/mol. The van der Waals surface area contributed by atoms with E-state index in [9.17, 15) is 0 Å². The van der Waals surface area contributed by atoms with Crippen molar-refractivity contribution in [3.8, 4) is 5.75 Å². The third-order valence-corrected chi connectivity index (χ3v) is 6.33. The average Bonchev–Trinajstić information content (AvgIpc) is 3.50. The third kappa shape index (κ3) is 3.67. The van der Waals surface area contributed by atoms with Gasteiger partial charge in [0, 0.05) is 31.3 Å². The molecule has 0 bridgehead atoms. The molecule has 3 aromatic rings. The molecule has 1 N–H and O–H groups in total. The van der Waals surface area contributed by atoms with Crippen molar-refractivity contribution in [1.82, 2.24) is 14.9 Å². The van der Waals surface area contributed by atoms with Crippen LogP contribution in [0.2, 0.25) is 0 Å². The number of ether oxygens (including phenoxy) is 1. The van der Waals surface area contributed by atoms with E-state index in [-0.39, 0.29) is 12.1 Å². The van der Waals surface area contributed by atoms with E-state index in [0.717, 1.165) is 30.0 Å². The molecule has 1 saturated heterocycles. The Bertz CT molecular complexity index is 1010. The van der Waals surface area contributed by atoms with Crippen LogP contribution in [0.1, 0.15) is 49.0 Å². The first-order valence-electron chi connectivity index (χ1n) is 10.6. The molecule has 0 spiro atoms. The van der Waals surface area contributed by atoms with Crippen LogP contribution in [0.15, 0.2) is 67.1 Å². The fourth-order valence-electron chi connectivity index (χ4n) is 4.56. The van der Waals surface area contributed by atoms with Crippen molar-refractivity contribution in [1.29, 1.82) is 0 Å². The summed E-state index contributed by atoms with van der Waals surface area (Å²) in [6, 6.07) is 16.5. The standard InChI is InChI=1S/C24H26N4OS/c1-27-15-13-17(16-27)23-22(21-8-4-5-14-25-21)26-24(30)28(23)18-9-11-20(12-10-18)29-19-6-2-3-7-19/h4-5,8-16,19,22-23H,2-3,6-7H2,1H3,(H,26,30)/t22-,23-/m1/s1. The lowest BCUT2D eigenvalue weighted by Crippen LogP contribution is -2.29. The summed E-state index contributed by atoms with van der Waals surface area (Å²) in [5.74, 6) is 0.932. The van der Waals surface area contributed by atoms with Gasteiger partial charge in [-0.1, -0.05) is 6.07 Å². The number of nitrogens with one attached hydrogen (secondary N) is 1. The Labute approximate surface area is 182 Å². The number of rotatable bonds is 5. The van der Waals surface area contributed by atoms with E-state index in [1.807, 2.05) is 25.4 Å². The molecule has 0 unspecified atom stereocenters. The second-order valence-electron chi connectivity index (χ2n) is 8.13. The van der Waals surface area contributed by atoms with Gasteiger partial charge in [-0.05, 0) is 85.9 Å². The van der Waals surface area contributed by atoms with Gasteiger partial charge in [0.2, 0.25) is 0 Å². The Morgan fingerprint density at radius 2 is 1.87 bits per heavy atom. The van der Waals surface area contributed by atoms with Gasteiger partial charge in [0.1, 0.15) is 5.75 Å². The van der Waals surface area contributed by atoms with Crippen LogP contribution in [-0.2, 0) is 7.05 Å². The maximum Gasteiger partial charge on any atom is 0.174 e. The summed E-state index contributed by atoms with van der Waals surface area (Å²) in [5, 5.41) is 4.22. The summed E-state index contributed by atoms with van der Waals surface area (Å²) in [6.45, 7) is 0. The minimum atomic E-state index is -0.0180. The van der Waals surface area contributed by atoms with Crippen molar-refractivity contribution >= 4 is 23.0 Å². The first-order valence-corrected chi connectivity index (χ1v) is 11.0. The zero-order valence-electron chi connectivity index (χ0n) is 17.1. The highest BCUT2D eigenvalue weighted by atomic mass is 32.1. The normalized spacial score (nSPS) is 21.8. The van der Waals surface area contributed by atoms with E-state index in [0.29, 0.717) is 11.2 Å². The molecule has 1 aromatic carbocycles. The molecule has 2 aromatic heterocycles. The summed E-state index contributed by atoms with van der Waals surface area (Å²) < 4.78 is 8.22. The Balaban J connectivity index is 1.46. The second kappa shape index (κ2) is 8.11. The van der Waals surface area contributed by atoms with Crippen LogP contribution in [-0.4, -0.2) is 20.8 Å². The topological polar surface area (TPSA) is 42.3 Å². The lowest BCUT2D eigenvalue weighted by Gasteiger charge is -2.27. The van der Waals surface area contributed by atoms with Gasteiger partial charge in [0.25, 0.3) is 0 Å². The number of benzene rings is 1. The highest BCUT2D eigenvalue weighted by Gasteiger charge is 2.41. The Morgan fingerprint density at radius 1 is 1.07 bits per heavy atom. The highest BCUT2D eigenvalue weighted by Crippen LogP contribution is 2.41. The number of aromatic nitrogens is 2. The van der Waals surface area contributed by atoms with Gasteiger partial charge in [-0.15, -0.1) is 0 Å². The first kappa shape index (κ1) is 19.1. The van der Waals surface area contributed by atoms with Gasteiger partial charge >= 0.3 is 0 Å². The number of hydrogen-bond donors (Lipinski definition) is 1. The van der Waals surface area contributed by atoms with Crippen LogP contribution in [0.4, 0.5) is 5.69 Å². The van der Waals surface area contributed by atoms with Gasteiger partial charge in [0.05, 0.1) is 23.9 Å². The molecule has 6 heteroatoms. The van der Waals surface area contributed by atoms with E-state index < -0.39 is 0 Å². The Kier molecular flexibility index (Phi) is 5.17. The van der Waals surface area contributed by atoms with E-state index in [4.69, 9.17) is 17.0 Å². The van der Waals surface area contributed by atoms with Crippen LogP contribution in [0.3, 0.4) is 0 Å². The maximum atomic E-state index is 6.14. The Hall–Kier alpha value is -2.86. The number of nitrogens with zero attached hydrogens (tertiary/aromatic N) is 3. The fraction of sp³-hybridized carbons (Fsp3) is 0.333. The number of thiocarbonyl (C=S) groups is 1. The van der Waals surface area contributed by atoms with Crippen molar-refractivity contribution < 1.29 is 4.74 Å². The molecule has 0 radical (unpaired) electrons. The van der Waals surface area contributed by atoms with Crippen molar-refractivity contribution in [2.24, 2.45) is 7.05 Å². The Morgan fingerprint density at radius 3 is 2.53 bits per heavy atom. The quantitative estimate of drug-likeness (QED) is 0.596. The summed E-state index contributed by atoms with van der Waals surface area (Å²) in [5.41, 5.74) is 3.24. The van der Waals surface area contributed by atoms with Crippen LogP contribution in [0.25, 0.3) is 0 Å². The van der Waals surface area contributed by atoms with Gasteiger partial charge in [-0.2, -0.15) is 0 Å². The van der Waals surface area contributed by atoms with Crippen LogP contribution in [0, 0.1) is 0 Å². The molecule has 154 valence electrons. The first-order chi connectivity index (χ1) is 14.7. The molecule has 3 heterocycles. The third-order valence-electron chi connectivity index (χ3n) is 6.01. The van der Waals surface area contributed by atoms with E-state index in [2.05, 4.69) is 68.6 Å². The van der Waals surface area contributed by atoms with Gasteiger partial charge in [0.15, 0.2) is 5.11 Å².